The number of nitrogens with one attached hydrogen (secondary N) is 2. The molecule has 9 heteroatoms. The molecule has 29 heavy (non-hydrogen) atoms. The summed E-state index contributed by atoms with van der Waals surface area (Å²) < 4.78 is 1.64. The minimum absolute atomic E-state index is 0.0204. The molecule has 2 aliphatic rings. The molecule has 0 bridgehead atoms. The summed E-state index contributed by atoms with van der Waals surface area (Å²) in [4.78, 5) is 38.4. The number of carbonyl (C=O) groups excluding carboxylic acids is 3. The van der Waals surface area contributed by atoms with E-state index in [0.717, 1.165) is 23.3 Å². The maximum absolute atomic E-state index is 12.6. The van der Waals surface area contributed by atoms with Crippen molar-refractivity contribution in [3.05, 3.63) is 47.1 Å². The van der Waals surface area contributed by atoms with E-state index in [4.69, 9.17) is 11.6 Å². The standard InChI is InChI=1S/C20H22ClN5O3/c21-15-6-2-1-5-14(15)13-26-16(7-11-22-26)23-17(27)8-12-25-18(28)20(24-19(25)29)9-3-4-10-20/h1-2,5-7,11H,3-4,8-10,12-13H2,(H,23,27)(H,24,29). The highest BCUT2D eigenvalue weighted by atomic mass is 35.5. The summed E-state index contributed by atoms with van der Waals surface area (Å²) in [6.45, 7) is 0.467. The average Bonchev–Trinajstić information content (AvgIpc) is 3.39. The summed E-state index contributed by atoms with van der Waals surface area (Å²) in [6.07, 6.45) is 4.80. The van der Waals surface area contributed by atoms with Gasteiger partial charge in [-0.05, 0) is 24.5 Å². The molecule has 1 aliphatic heterocycles. The lowest BCUT2D eigenvalue weighted by atomic mass is 9.98. The molecule has 1 aromatic heterocycles. The van der Waals surface area contributed by atoms with Gasteiger partial charge < -0.3 is 10.6 Å². The van der Waals surface area contributed by atoms with Crippen LogP contribution in [0.1, 0.15) is 37.7 Å². The number of nitrogens with zero attached hydrogens (tertiary/aromatic N) is 3. The molecule has 1 saturated carbocycles. The van der Waals surface area contributed by atoms with E-state index < -0.39 is 11.6 Å². The molecule has 0 atom stereocenters. The summed E-state index contributed by atoms with van der Waals surface area (Å²) in [5, 5.41) is 10.5. The van der Waals surface area contributed by atoms with E-state index in [0.29, 0.717) is 30.2 Å². The number of carbonyl (C=O) groups is 3. The Morgan fingerprint density at radius 1 is 1.21 bits per heavy atom. The van der Waals surface area contributed by atoms with Crippen LogP contribution >= 0.6 is 11.6 Å². The monoisotopic (exact) mass is 415 g/mol. The first-order valence-corrected chi connectivity index (χ1v) is 10.1. The van der Waals surface area contributed by atoms with Gasteiger partial charge in [0.2, 0.25) is 5.91 Å². The Balaban J connectivity index is 1.35. The highest BCUT2D eigenvalue weighted by Crippen LogP contribution is 2.35. The van der Waals surface area contributed by atoms with E-state index in [2.05, 4.69) is 15.7 Å². The molecule has 2 aromatic rings. The van der Waals surface area contributed by atoms with Crippen molar-refractivity contribution >= 4 is 35.3 Å². The third-order valence-electron chi connectivity index (χ3n) is 5.53. The molecular formula is C20H22ClN5O3. The number of hydrogen-bond acceptors (Lipinski definition) is 4. The summed E-state index contributed by atoms with van der Waals surface area (Å²) in [6, 6.07) is 8.71. The lowest BCUT2D eigenvalue weighted by molar-refractivity contribution is -0.131. The Morgan fingerprint density at radius 2 is 1.97 bits per heavy atom. The number of urea groups is 1. The van der Waals surface area contributed by atoms with Crippen LogP contribution in [0.4, 0.5) is 10.6 Å². The molecule has 0 radical (unpaired) electrons. The second-order valence-electron chi connectivity index (χ2n) is 7.44. The molecule has 2 N–H and O–H groups in total. The molecule has 2 heterocycles. The van der Waals surface area contributed by atoms with Crippen molar-refractivity contribution in [1.29, 1.82) is 0 Å². The summed E-state index contributed by atoms with van der Waals surface area (Å²) >= 11 is 6.20. The Labute approximate surface area is 173 Å². The Morgan fingerprint density at radius 3 is 2.72 bits per heavy atom. The minimum atomic E-state index is -0.749. The summed E-state index contributed by atoms with van der Waals surface area (Å²) in [5.74, 6) is 0.0230. The molecule has 1 aliphatic carbocycles. The number of benzene rings is 1. The number of halogens is 1. The summed E-state index contributed by atoms with van der Waals surface area (Å²) in [7, 11) is 0. The lowest BCUT2D eigenvalue weighted by Gasteiger charge is -2.19. The molecule has 4 rings (SSSR count). The van der Waals surface area contributed by atoms with Crippen molar-refractivity contribution in [3.8, 4) is 0 Å². The van der Waals surface area contributed by atoms with Crippen LogP contribution < -0.4 is 10.6 Å². The van der Waals surface area contributed by atoms with Gasteiger partial charge in [0.1, 0.15) is 11.4 Å². The number of rotatable bonds is 6. The van der Waals surface area contributed by atoms with Crippen molar-refractivity contribution in [1.82, 2.24) is 20.0 Å². The molecule has 4 amide bonds. The predicted octanol–water partition coefficient (Wildman–Crippen LogP) is 2.78. The highest BCUT2D eigenvalue weighted by Gasteiger charge is 2.52. The van der Waals surface area contributed by atoms with Crippen LogP contribution in [0.3, 0.4) is 0 Å². The number of imide groups is 1. The van der Waals surface area contributed by atoms with Crippen LogP contribution in [0.2, 0.25) is 5.02 Å². The average molecular weight is 416 g/mol. The molecule has 0 unspecified atom stereocenters. The van der Waals surface area contributed by atoms with Crippen molar-refractivity contribution in [2.24, 2.45) is 0 Å². The van der Waals surface area contributed by atoms with Crippen LogP contribution in [-0.4, -0.2) is 44.6 Å². The number of hydrogen-bond donors (Lipinski definition) is 2. The van der Waals surface area contributed by atoms with Crippen molar-refractivity contribution < 1.29 is 14.4 Å². The highest BCUT2D eigenvalue weighted by molar-refractivity contribution is 6.31. The zero-order chi connectivity index (χ0) is 20.4. The van der Waals surface area contributed by atoms with E-state index >= 15 is 0 Å². The fraction of sp³-hybridized carbons (Fsp3) is 0.400. The molecular weight excluding hydrogens is 394 g/mol. The van der Waals surface area contributed by atoms with Gasteiger partial charge in [-0.3, -0.25) is 14.5 Å². The van der Waals surface area contributed by atoms with Gasteiger partial charge in [0, 0.05) is 24.1 Å². The van der Waals surface area contributed by atoms with E-state index in [1.807, 2.05) is 18.2 Å². The van der Waals surface area contributed by atoms with E-state index in [9.17, 15) is 14.4 Å². The van der Waals surface area contributed by atoms with E-state index in [1.54, 1.807) is 23.0 Å². The van der Waals surface area contributed by atoms with Gasteiger partial charge >= 0.3 is 6.03 Å². The number of amides is 4. The molecule has 8 nitrogen and oxygen atoms in total. The largest absolute Gasteiger partial charge is 0.325 e. The van der Waals surface area contributed by atoms with Crippen LogP contribution in [-0.2, 0) is 16.1 Å². The zero-order valence-corrected chi connectivity index (χ0v) is 16.6. The second-order valence-corrected chi connectivity index (χ2v) is 7.85. The van der Waals surface area contributed by atoms with Crippen molar-refractivity contribution in [3.63, 3.8) is 0 Å². The number of anilines is 1. The lowest BCUT2D eigenvalue weighted by Crippen LogP contribution is -2.44. The van der Waals surface area contributed by atoms with Crippen molar-refractivity contribution in [2.45, 2.75) is 44.2 Å². The Hall–Kier alpha value is -2.87. The molecule has 152 valence electrons. The minimum Gasteiger partial charge on any atom is -0.323 e. The van der Waals surface area contributed by atoms with E-state index in [1.165, 1.54) is 0 Å². The van der Waals surface area contributed by atoms with Crippen LogP contribution in [0.5, 0.6) is 0 Å². The topological polar surface area (TPSA) is 96.3 Å². The quantitative estimate of drug-likeness (QED) is 0.709. The third-order valence-corrected chi connectivity index (χ3v) is 5.90. The normalized spacial score (nSPS) is 17.8. The molecule has 1 spiro atoms. The first-order valence-electron chi connectivity index (χ1n) is 9.68. The zero-order valence-electron chi connectivity index (χ0n) is 15.9. The van der Waals surface area contributed by atoms with Crippen LogP contribution in [0.15, 0.2) is 36.5 Å². The van der Waals surface area contributed by atoms with Gasteiger partial charge in [-0.1, -0.05) is 42.6 Å². The van der Waals surface area contributed by atoms with Gasteiger partial charge in [-0.25, -0.2) is 9.48 Å². The first-order chi connectivity index (χ1) is 14.0. The Bertz CT molecular complexity index is 951. The van der Waals surface area contributed by atoms with Gasteiger partial charge in [0.15, 0.2) is 0 Å². The van der Waals surface area contributed by atoms with Crippen LogP contribution in [0, 0.1) is 0 Å². The van der Waals surface area contributed by atoms with Crippen LogP contribution in [0.25, 0.3) is 0 Å². The van der Waals surface area contributed by atoms with Gasteiger partial charge in [-0.15, -0.1) is 0 Å². The smallest absolute Gasteiger partial charge is 0.323 e. The maximum Gasteiger partial charge on any atom is 0.325 e. The van der Waals surface area contributed by atoms with E-state index in [-0.39, 0.29) is 24.8 Å². The Kier molecular flexibility index (Phi) is 5.27. The fourth-order valence-corrected chi connectivity index (χ4v) is 4.16. The molecule has 1 aromatic carbocycles. The fourth-order valence-electron chi connectivity index (χ4n) is 3.97. The van der Waals surface area contributed by atoms with Crippen molar-refractivity contribution in [2.75, 3.05) is 11.9 Å². The summed E-state index contributed by atoms with van der Waals surface area (Å²) in [5.41, 5.74) is 0.135. The van der Waals surface area contributed by atoms with Gasteiger partial charge in [-0.2, -0.15) is 5.10 Å². The molecule has 2 fully saturated rings. The number of aromatic nitrogens is 2. The maximum atomic E-state index is 12.6. The third kappa shape index (κ3) is 3.85. The molecule has 1 saturated heterocycles. The first kappa shape index (κ1) is 19.4. The van der Waals surface area contributed by atoms with Gasteiger partial charge in [0.25, 0.3) is 5.91 Å². The predicted molar refractivity (Wildman–Crippen MR) is 107 cm³/mol. The SMILES string of the molecule is O=C(CCN1C(=O)NC2(CCCC2)C1=O)Nc1ccnn1Cc1ccccc1Cl. The second kappa shape index (κ2) is 7.87. The van der Waals surface area contributed by atoms with Gasteiger partial charge in [0.05, 0.1) is 12.7 Å².